The van der Waals surface area contributed by atoms with Gasteiger partial charge in [-0.15, -0.1) is 11.3 Å². The van der Waals surface area contributed by atoms with Crippen LogP contribution in [0, 0.1) is 12.8 Å². The van der Waals surface area contributed by atoms with Crippen molar-refractivity contribution < 1.29 is 0 Å². The SMILES string of the molecule is Cc1sccc1CNC1C2CCN(C2)C1c1ccccc1. The molecule has 4 unspecified atom stereocenters. The number of hydrogen-bond acceptors (Lipinski definition) is 3. The van der Waals surface area contributed by atoms with E-state index in [2.05, 4.69) is 58.9 Å². The molecular formula is C18H22N2S. The van der Waals surface area contributed by atoms with E-state index in [1.165, 1.54) is 35.5 Å². The molecule has 2 nitrogen and oxygen atoms in total. The molecule has 0 radical (unpaired) electrons. The second-order valence-electron chi connectivity index (χ2n) is 6.31. The summed E-state index contributed by atoms with van der Waals surface area (Å²) in [6, 6.07) is 14.4. The van der Waals surface area contributed by atoms with Gasteiger partial charge in [0.1, 0.15) is 0 Å². The highest BCUT2D eigenvalue weighted by Gasteiger charge is 2.46. The fourth-order valence-electron chi connectivity index (χ4n) is 4.02. The molecule has 0 saturated carbocycles. The number of nitrogens with one attached hydrogen (secondary N) is 1. The Bertz CT molecular complexity index is 607. The van der Waals surface area contributed by atoms with Crippen LogP contribution in [-0.2, 0) is 6.54 Å². The van der Waals surface area contributed by atoms with Crippen LogP contribution in [0.1, 0.15) is 28.5 Å². The standard InChI is InChI=1S/C18H22N2S/c1-13-15(8-10-21-13)11-19-17-16-7-9-20(12-16)18(17)14-5-3-2-4-6-14/h2-6,8,10,16-19H,7,9,11-12H2,1H3. The van der Waals surface area contributed by atoms with Gasteiger partial charge in [-0.3, -0.25) is 4.90 Å². The first-order valence-corrected chi connectivity index (χ1v) is 8.76. The van der Waals surface area contributed by atoms with Crippen molar-refractivity contribution in [3.63, 3.8) is 0 Å². The maximum Gasteiger partial charge on any atom is 0.0504 e. The zero-order valence-electron chi connectivity index (χ0n) is 12.5. The predicted octanol–water partition coefficient (Wildman–Crippen LogP) is 3.59. The highest BCUT2D eigenvalue weighted by molar-refractivity contribution is 7.10. The van der Waals surface area contributed by atoms with Crippen molar-refractivity contribution in [1.29, 1.82) is 0 Å². The van der Waals surface area contributed by atoms with Gasteiger partial charge in [0.05, 0.1) is 6.04 Å². The number of nitrogens with zero attached hydrogens (tertiary/aromatic N) is 1. The second kappa shape index (κ2) is 5.56. The van der Waals surface area contributed by atoms with E-state index in [4.69, 9.17) is 0 Å². The van der Waals surface area contributed by atoms with Gasteiger partial charge in [0.25, 0.3) is 0 Å². The summed E-state index contributed by atoms with van der Waals surface area (Å²) in [7, 11) is 0. The summed E-state index contributed by atoms with van der Waals surface area (Å²) in [6.07, 6.45) is 1.35. The van der Waals surface area contributed by atoms with Crippen molar-refractivity contribution in [2.24, 2.45) is 5.92 Å². The molecule has 4 rings (SSSR count). The molecule has 2 fully saturated rings. The maximum atomic E-state index is 3.87. The number of piperidine rings is 1. The number of aryl methyl sites for hydroxylation is 1. The van der Waals surface area contributed by atoms with Gasteiger partial charge in [-0.1, -0.05) is 30.3 Å². The van der Waals surface area contributed by atoms with Gasteiger partial charge in [-0.25, -0.2) is 0 Å². The summed E-state index contributed by atoms with van der Waals surface area (Å²) in [5.41, 5.74) is 2.93. The number of benzene rings is 1. The van der Waals surface area contributed by atoms with Crippen LogP contribution in [0.2, 0.25) is 0 Å². The van der Waals surface area contributed by atoms with Crippen molar-refractivity contribution >= 4 is 11.3 Å². The first-order chi connectivity index (χ1) is 10.3. The number of fused-ring (bicyclic) bond motifs is 2. The Labute approximate surface area is 130 Å². The molecule has 1 aromatic heterocycles. The third-order valence-electron chi connectivity index (χ3n) is 5.13. The Morgan fingerprint density at radius 2 is 2.10 bits per heavy atom. The Hall–Kier alpha value is -1.16. The van der Waals surface area contributed by atoms with E-state index in [9.17, 15) is 0 Å². The zero-order chi connectivity index (χ0) is 14.2. The summed E-state index contributed by atoms with van der Waals surface area (Å²) >= 11 is 1.85. The van der Waals surface area contributed by atoms with Crippen LogP contribution in [0.3, 0.4) is 0 Å². The van der Waals surface area contributed by atoms with E-state index < -0.39 is 0 Å². The van der Waals surface area contributed by atoms with Crippen LogP contribution in [0.15, 0.2) is 41.8 Å². The van der Waals surface area contributed by atoms with Gasteiger partial charge in [-0.05, 0) is 48.4 Å². The summed E-state index contributed by atoms with van der Waals surface area (Å²) in [5, 5.41) is 6.07. The van der Waals surface area contributed by atoms with Gasteiger partial charge < -0.3 is 5.32 Å². The van der Waals surface area contributed by atoms with E-state index in [1.54, 1.807) is 0 Å². The largest absolute Gasteiger partial charge is 0.308 e. The first kappa shape index (κ1) is 13.5. The molecule has 2 aromatic rings. The van der Waals surface area contributed by atoms with E-state index >= 15 is 0 Å². The average molecular weight is 298 g/mol. The van der Waals surface area contributed by atoms with E-state index in [1.807, 2.05) is 11.3 Å². The molecule has 3 heterocycles. The molecule has 2 aliphatic heterocycles. The quantitative estimate of drug-likeness (QED) is 0.928. The molecule has 1 N–H and O–H groups in total. The second-order valence-corrected chi connectivity index (χ2v) is 7.43. The minimum atomic E-state index is 0.559. The van der Waals surface area contributed by atoms with Gasteiger partial charge in [-0.2, -0.15) is 0 Å². The van der Waals surface area contributed by atoms with Crippen LogP contribution in [0.25, 0.3) is 0 Å². The Morgan fingerprint density at radius 3 is 2.86 bits per heavy atom. The fourth-order valence-corrected chi connectivity index (χ4v) is 4.74. The van der Waals surface area contributed by atoms with Crippen LogP contribution in [-0.4, -0.2) is 24.0 Å². The van der Waals surface area contributed by atoms with Gasteiger partial charge in [0.2, 0.25) is 0 Å². The molecule has 21 heavy (non-hydrogen) atoms. The number of rotatable bonds is 4. The van der Waals surface area contributed by atoms with Crippen molar-refractivity contribution in [3.8, 4) is 0 Å². The summed E-state index contributed by atoms with van der Waals surface area (Å²) in [6.45, 7) is 5.76. The lowest BCUT2D eigenvalue weighted by molar-refractivity contribution is 0.218. The molecule has 2 aliphatic rings. The lowest BCUT2D eigenvalue weighted by Gasteiger charge is -2.33. The maximum absolute atomic E-state index is 3.87. The number of thiophene rings is 1. The summed E-state index contributed by atoms with van der Waals surface area (Å²) in [4.78, 5) is 4.11. The summed E-state index contributed by atoms with van der Waals surface area (Å²) < 4.78 is 0. The van der Waals surface area contributed by atoms with Gasteiger partial charge in [0, 0.05) is 24.0 Å². The Morgan fingerprint density at radius 1 is 1.24 bits per heavy atom. The Kier molecular flexibility index (Phi) is 3.57. The average Bonchev–Trinajstić information content (AvgIpc) is 3.21. The zero-order valence-corrected chi connectivity index (χ0v) is 13.3. The third kappa shape index (κ3) is 2.44. The molecule has 3 heteroatoms. The first-order valence-electron chi connectivity index (χ1n) is 7.88. The normalized spacial score (nSPS) is 30.9. The Balaban J connectivity index is 1.53. The molecule has 4 atom stereocenters. The molecule has 1 aromatic carbocycles. The van der Waals surface area contributed by atoms with E-state index in [0.29, 0.717) is 12.1 Å². The number of hydrogen-bond donors (Lipinski definition) is 1. The third-order valence-corrected chi connectivity index (χ3v) is 6.02. The summed E-state index contributed by atoms with van der Waals surface area (Å²) in [5.74, 6) is 0.814. The molecule has 2 bridgehead atoms. The minimum Gasteiger partial charge on any atom is -0.308 e. The lowest BCUT2D eigenvalue weighted by atomic mass is 9.89. The van der Waals surface area contributed by atoms with Gasteiger partial charge in [0.15, 0.2) is 0 Å². The molecule has 2 saturated heterocycles. The van der Waals surface area contributed by atoms with Crippen molar-refractivity contribution in [2.45, 2.75) is 32.0 Å². The topological polar surface area (TPSA) is 15.3 Å². The predicted molar refractivity (Wildman–Crippen MR) is 88.5 cm³/mol. The molecular weight excluding hydrogens is 276 g/mol. The molecule has 0 spiro atoms. The fraction of sp³-hybridized carbons (Fsp3) is 0.444. The highest BCUT2D eigenvalue weighted by Crippen LogP contribution is 2.42. The van der Waals surface area contributed by atoms with Crippen molar-refractivity contribution in [2.75, 3.05) is 13.1 Å². The van der Waals surface area contributed by atoms with E-state index in [-0.39, 0.29) is 0 Å². The highest BCUT2D eigenvalue weighted by atomic mass is 32.1. The molecule has 110 valence electrons. The molecule has 0 aliphatic carbocycles. The van der Waals surface area contributed by atoms with Crippen molar-refractivity contribution in [1.82, 2.24) is 10.2 Å². The van der Waals surface area contributed by atoms with E-state index in [0.717, 1.165) is 12.5 Å². The smallest absolute Gasteiger partial charge is 0.0504 e. The van der Waals surface area contributed by atoms with Crippen LogP contribution in [0.5, 0.6) is 0 Å². The van der Waals surface area contributed by atoms with Gasteiger partial charge >= 0.3 is 0 Å². The monoisotopic (exact) mass is 298 g/mol. The molecule has 0 amide bonds. The van der Waals surface area contributed by atoms with Crippen LogP contribution < -0.4 is 5.32 Å². The van der Waals surface area contributed by atoms with Crippen molar-refractivity contribution in [3.05, 3.63) is 57.8 Å². The minimum absolute atomic E-state index is 0.559. The lowest BCUT2D eigenvalue weighted by Crippen LogP contribution is -2.42. The van der Waals surface area contributed by atoms with Crippen LogP contribution >= 0.6 is 11.3 Å². The van der Waals surface area contributed by atoms with Crippen LogP contribution in [0.4, 0.5) is 0 Å².